The minimum absolute atomic E-state index is 0. The van der Waals surface area contributed by atoms with Gasteiger partial charge in [0.05, 0.1) is 6.54 Å². The fraction of sp³-hybridized carbons (Fsp3) is 0.786. The van der Waals surface area contributed by atoms with Crippen LogP contribution >= 0.6 is 24.0 Å². The van der Waals surface area contributed by atoms with Crippen molar-refractivity contribution >= 4 is 29.9 Å². The van der Waals surface area contributed by atoms with E-state index in [1.54, 1.807) is 0 Å². The highest BCUT2D eigenvalue weighted by molar-refractivity contribution is 14.0. The second-order valence-electron chi connectivity index (χ2n) is 4.73. The van der Waals surface area contributed by atoms with Crippen LogP contribution in [0.1, 0.15) is 26.7 Å². The van der Waals surface area contributed by atoms with E-state index in [1.165, 1.54) is 32.5 Å². The van der Waals surface area contributed by atoms with E-state index in [1.807, 2.05) is 0 Å². The summed E-state index contributed by atoms with van der Waals surface area (Å²) in [6, 6.07) is 0. The largest absolute Gasteiger partial charge is 0.357 e. The maximum atomic E-state index is 5.24. The summed E-state index contributed by atoms with van der Waals surface area (Å²) in [6.07, 6.45) is 7.74. The van der Waals surface area contributed by atoms with Gasteiger partial charge in [-0.05, 0) is 38.8 Å². The summed E-state index contributed by atoms with van der Waals surface area (Å²) in [5.41, 5.74) is 0. The Hall–Kier alpha value is -0.480. The van der Waals surface area contributed by atoms with Crippen molar-refractivity contribution in [3.8, 4) is 12.3 Å². The summed E-state index contributed by atoms with van der Waals surface area (Å²) in [5, 5.41) is 6.33. The van der Waals surface area contributed by atoms with E-state index in [0.717, 1.165) is 19.0 Å². The smallest absolute Gasteiger partial charge is 0.192 e. The average molecular weight is 378 g/mol. The van der Waals surface area contributed by atoms with Gasteiger partial charge in [0.25, 0.3) is 0 Å². The number of hydrogen-bond acceptors (Lipinski definition) is 2. The standard InChI is InChI=1S/C14H26N4.HI/c1-4-8-16-14(15-6-3)17-11-13-7-10-18(12-13)9-5-2;/h1,13H,5-12H2,2-3H3,(H2,15,16,17);1H. The molecule has 2 N–H and O–H groups in total. The predicted molar refractivity (Wildman–Crippen MR) is 93.1 cm³/mol. The molecule has 1 aliphatic rings. The third kappa shape index (κ3) is 7.63. The number of guanidine groups is 1. The summed E-state index contributed by atoms with van der Waals surface area (Å²) >= 11 is 0. The van der Waals surface area contributed by atoms with Gasteiger partial charge in [-0.15, -0.1) is 30.4 Å². The van der Waals surface area contributed by atoms with E-state index < -0.39 is 0 Å². The third-order valence-electron chi connectivity index (χ3n) is 3.12. The Morgan fingerprint density at radius 2 is 2.21 bits per heavy atom. The molecular formula is C14H27IN4. The van der Waals surface area contributed by atoms with E-state index in [4.69, 9.17) is 6.42 Å². The maximum Gasteiger partial charge on any atom is 0.192 e. The first-order valence-electron chi connectivity index (χ1n) is 6.98. The molecule has 5 heteroatoms. The highest BCUT2D eigenvalue weighted by atomic mass is 127. The van der Waals surface area contributed by atoms with E-state index >= 15 is 0 Å². The average Bonchev–Trinajstić information content (AvgIpc) is 2.81. The Bertz CT molecular complexity index is 298. The van der Waals surface area contributed by atoms with Crippen LogP contribution < -0.4 is 10.6 Å². The lowest BCUT2D eigenvalue weighted by Gasteiger charge is -2.14. The van der Waals surface area contributed by atoms with Crippen molar-refractivity contribution in [1.82, 2.24) is 15.5 Å². The lowest BCUT2D eigenvalue weighted by Crippen LogP contribution is -2.37. The van der Waals surface area contributed by atoms with Crippen LogP contribution in [0.15, 0.2) is 4.99 Å². The van der Waals surface area contributed by atoms with Gasteiger partial charge in [0.1, 0.15) is 0 Å². The highest BCUT2D eigenvalue weighted by Gasteiger charge is 2.21. The molecule has 1 aliphatic heterocycles. The van der Waals surface area contributed by atoms with Crippen molar-refractivity contribution in [3.63, 3.8) is 0 Å². The molecule has 0 aliphatic carbocycles. The van der Waals surface area contributed by atoms with Crippen LogP contribution in [0.3, 0.4) is 0 Å². The van der Waals surface area contributed by atoms with Gasteiger partial charge >= 0.3 is 0 Å². The zero-order valence-corrected chi connectivity index (χ0v) is 14.4. The second-order valence-corrected chi connectivity index (χ2v) is 4.73. The van der Waals surface area contributed by atoms with Crippen molar-refractivity contribution in [1.29, 1.82) is 0 Å². The van der Waals surface area contributed by atoms with E-state index in [0.29, 0.717) is 12.5 Å². The molecule has 0 radical (unpaired) electrons. The van der Waals surface area contributed by atoms with Crippen LogP contribution in [-0.2, 0) is 0 Å². The first kappa shape index (κ1) is 18.5. The predicted octanol–water partition coefficient (Wildman–Crippen LogP) is 1.52. The van der Waals surface area contributed by atoms with E-state index in [9.17, 15) is 0 Å². The summed E-state index contributed by atoms with van der Waals surface area (Å²) in [7, 11) is 0. The van der Waals surface area contributed by atoms with Crippen LogP contribution in [0.4, 0.5) is 0 Å². The number of likely N-dealkylation sites (tertiary alicyclic amines) is 1. The van der Waals surface area contributed by atoms with Crippen LogP contribution in [0.25, 0.3) is 0 Å². The molecule has 1 heterocycles. The lowest BCUT2D eigenvalue weighted by atomic mass is 10.1. The molecule has 1 atom stereocenters. The summed E-state index contributed by atoms with van der Waals surface area (Å²) in [4.78, 5) is 7.13. The van der Waals surface area contributed by atoms with E-state index in [-0.39, 0.29) is 24.0 Å². The first-order valence-corrected chi connectivity index (χ1v) is 6.98. The molecule has 0 saturated carbocycles. The fourth-order valence-corrected chi connectivity index (χ4v) is 2.28. The number of terminal acetylenes is 1. The second kappa shape index (κ2) is 11.4. The van der Waals surface area contributed by atoms with Gasteiger partial charge in [0.15, 0.2) is 5.96 Å². The van der Waals surface area contributed by atoms with Crippen LogP contribution in [0.5, 0.6) is 0 Å². The summed E-state index contributed by atoms with van der Waals surface area (Å²) in [5.74, 6) is 4.10. The maximum absolute atomic E-state index is 5.24. The Kier molecular flexibility index (Phi) is 11.1. The van der Waals surface area contributed by atoms with Gasteiger partial charge in [0.2, 0.25) is 0 Å². The number of aliphatic imine (C=N–C) groups is 1. The van der Waals surface area contributed by atoms with Crippen molar-refractivity contribution in [2.24, 2.45) is 10.9 Å². The van der Waals surface area contributed by atoms with Gasteiger partial charge in [0, 0.05) is 19.6 Å². The Labute approximate surface area is 134 Å². The van der Waals surface area contributed by atoms with Crippen molar-refractivity contribution < 1.29 is 0 Å². The Balaban J connectivity index is 0.00000324. The Morgan fingerprint density at radius 1 is 1.42 bits per heavy atom. The van der Waals surface area contributed by atoms with Crippen LogP contribution in [0.2, 0.25) is 0 Å². The van der Waals surface area contributed by atoms with Gasteiger partial charge in [-0.2, -0.15) is 0 Å². The molecular weight excluding hydrogens is 351 g/mol. The first-order chi connectivity index (χ1) is 8.80. The number of rotatable bonds is 6. The van der Waals surface area contributed by atoms with Gasteiger partial charge < -0.3 is 15.5 Å². The lowest BCUT2D eigenvalue weighted by molar-refractivity contribution is 0.326. The molecule has 0 bridgehead atoms. The van der Waals surface area contributed by atoms with Crippen LogP contribution in [-0.4, -0.2) is 50.1 Å². The highest BCUT2D eigenvalue weighted by Crippen LogP contribution is 2.16. The topological polar surface area (TPSA) is 39.7 Å². The SMILES string of the molecule is C#CCNC(=NCC1CCN(CCC)C1)NCC.I. The Morgan fingerprint density at radius 3 is 2.84 bits per heavy atom. The number of nitrogens with one attached hydrogen (secondary N) is 2. The van der Waals surface area contributed by atoms with Crippen molar-refractivity contribution in [2.75, 3.05) is 39.3 Å². The molecule has 0 aromatic carbocycles. The number of halogens is 1. The summed E-state index contributed by atoms with van der Waals surface area (Å²) in [6.45, 7) is 10.2. The molecule has 0 spiro atoms. The zero-order chi connectivity index (χ0) is 13.2. The molecule has 110 valence electrons. The quantitative estimate of drug-likeness (QED) is 0.319. The molecule has 0 aromatic heterocycles. The van der Waals surface area contributed by atoms with Gasteiger partial charge in [-0.1, -0.05) is 12.8 Å². The normalized spacial score (nSPS) is 19.6. The minimum Gasteiger partial charge on any atom is -0.357 e. The monoisotopic (exact) mass is 378 g/mol. The summed E-state index contributed by atoms with van der Waals surface area (Å²) < 4.78 is 0. The number of hydrogen-bond donors (Lipinski definition) is 2. The molecule has 0 aromatic rings. The number of nitrogens with zero attached hydrogens (tertiary/aromatic N) is 2. The van der Waals surface area contributed by atoms with Gasteiger partial charge in [-0.3, -0.25) is 4.99 Å². The minimum atomic E-state index is 0. The fourth-order valence-electron chi connectivity index (χ4n) is 2.28. The molecule has 19 heavy (non-hydrogen) atoms. The molecule has 0 amide bonds. The van der Waals surface area contributed by atoms with Gasteiger partial charge in [-0.25, -0.2) is 0 Å². The molecule has 1 unspecified atom stereocenters. The van der Waals surface area contributed by atoms with Crippen molar-refractivity contribution in [2.45, 2.75) is 26.7 Å². The van der Waals surface area contributed by atoms with E-state index in [2.05, 4.69) is 40.3 Å². The molecule has 1 fully saturated rings. The zero-order valence-electron chi connectivity index (χ0n) is 12.1. The molecule has 4 nitrogen and oxygen atoms in total. The van der Waals surface area contributed by atoms with Crippen LogP contribution in [0, 0.1) is 18.3 Å². The third-order valence-corrected chi connectivity index (χ3v) is 3.12. The molecule has 1 saturated heterocycles. The molecule has 1 rings (SSSR count). The van der Waals surface area contributed by atoms with Crippen molar-refractivity contribution in [3.05, 3.63) is 0 Å².